The van der Waals surface area contributed by atoms with Crippen LogP contribution in [0.15, 0.2) is 27.6 Å². The van der Waals surface area contributed by atoms with Gasteiger partial charge in [-0.15, -0.1) is 0 Å². The Labute approximate surface area is 114 Å². The normalized spacial score (nSPS) is 17.0. The fourth-order valence-corrected chi connectivity index (χ4v) is 3.97. The van der Waals surface area contributed by atoms with Crippen molar-refractivity contribution in [2.24, 2.45) is 0 Å². The lowest BCUT2D eigenvalue weighted by Crippen LogP contribution is -2.31. The molecule has 0 bridgehead atoms. The fraction of sp³-hybridized carbons (Fsp3) is 0.364. The Morgan fingerprint density at radius 1 is 1.39 bits per heavy atom. The molecule has 0 aliphatic carbocycles. The van der Waals surface area contributed by atoms with Gasteiger partial charge in [-0.1, -0.05) is 15.9 Å². The molecule has 7 heteroatoms. The van der Waals surface area contributed by atoms with Crippen molar-refractivity contribution in [3.63, 3.8) is 0 Å². The molecule has 0 spiro atoms. The van der Waals surface area contributed by atoms with Crippen LogP contribution in [0.4, 0.5) is 0 Å². The van der Waals surface area contributed by atoms with Crippen molar-refractivity contribution in [3.8, 4) is 0 Å². The average Bonchev–Trinajstić information content (AvgIpc) is 2.50. The molecule has 0 atom stereocenters. The summed E-state index contributed by atoms with van der Waals surface area (Å²) in [5.74, 6) is -0.464. The Hall–Kier alpha value is -0.920. The zero-order chi connectivity index (χ0) is 13.3. The van der Waals surface area contributed by atoms with E-state index in [9.17, 15) is 13.2 Å². The predicted molar refractivity (Wildman–Crippen MR) is 68.9 cm³/mol. The highest BCUT2D eigenvalue weighted by Gasteiger charge is 2.40. The van der Waals surface area contributed by atoms with E-state index in [0.717, 1.165) is 4.31 Å². The van der Waals surface area contributed by atoms with Gasteiger partial charge < -0.3 is 4.74 Å². The number of fused-ring (bicyclic) bond motifs is 1. The Kier molecular flexibility index (Phi) is 3.74. The van der Waals surface area contributed by atoms with Crippen LogP contribution in [0.25, 0.3) is 0 Å². The molecular weight excluding hydrogens is 322 g/mol. The molecule has 1 amide bonds. The van der Waals surface area contributed by atoms with Crippen LogP contribution in [0.5, 0.6) is 0 Å². The number of nitrogens with zero attached hydrogens (tertiary/aromatic N) is 1. The van der Waals surface area contributed by atoms with Crippen LogP contribution in [-0.4, -0.2) is 38.9 Å². The topological polar surface area (TPSA) is 63.7 Å². The predicted octanol–water partition coefficient (Wildman–Crippen LogP) is 1.63. The van der Waals surface area contributed by atoms with Crippen molar-refractivity contribution in [2.45, 2.75) is 11.3 Å². The number of carbonyl (C=O) groups excluding carboxylic acids is 1. The van der Waals surface area contributed by atoms with Gasteiger partial charge in [0.15, 0.2) is 0 Å². The van der Waals surface area contributed by atoms with Crippen LogP contribution >= 0.6 is 15.9 Å². The van der Waals surface area contributed by atoms with Gasteiger partial charge in [0.05, 0.1) is 5.56 Å². The van der Waals surface area contributed by atoms with Crippen molar-refractivity contribution < 1.29 is 17.9 Å². The van der Waals surface area contributed by atoms with Crippen LogP contribution < -0.4 is 0 Å². The third-order valence-corrected chi connectivity index (χ3v) is 4.99. The molecule has 5 nitrogen and oxygen atoms in total. The molecule has 1 aliphatic rings. The summed E-state index contributed by atoms with van der Waals surface area (Å²) >= 11 is 3.21. The zero-order valence-corrected chi connectivity index (χ0v) is 12.1. The molecule has 0 fully saturated rings. The second kappa shape index (κ2) is 4.99. The van der Waals surface area contributed by atoms with Crippen molar-refractivity contribution in [1.82, 2.24) is 4.31 Å². The molecule has 0 radical (unpaired) electrons. The Balaban J connectivity index is 2.36. The van der Waals surface area contributed by atoms with E-state index in [-0.39, 0.29) is 17.0 Å². The molecule has 0 unspecified atom stereocenters. The highest BCUT2D eigenvalue weighted by atomic mass is 79.9. The molecule has 1 aliphatic heterocycles. The van der Waals surface area contributed by atoms with E-state index in [4.69, 9.17) is 4.74 Å². The van der Waals surface area contributed by atoms with E-state index < -0.39 is 15.9 Å². The van der Waals surface area contributed by atoms with Crippen LogP contribution in [0, 0.1) is 0 Å². The van der Waals surface area contributed by atoms with Gasteiger partial charge in [0, 0.05) is 24.7 Å². The molecule has 18 heavy (non-hydrogen) atoms. The van der Waals surface area contributed by atoms with Crippen LogP contribution in [-0.2, 0) is 14.8 Å². The number of halogens is 1. The van der Waals surface area contributed by atoms with Gasteiger partial charge in [0.2, 0.25) is 0 Å². The first kappa shape index (κ1) is 13.5. The van der Waals surface area contributed by atoms with Crippen molar-refractivity contribution in [1.29, 1.82) is 0 Å². The number of sulfonamides is 1. The smallest absolute Gasteiger partial charge is 0.269 e. The molecule has 0 aromatic heterocycles. The van der Waals surface area contributed by atoms with Gasteiger partial charge in [0.25, 0.3) is 15.9 Å². The number of methoxy groups -OCH3 is 1. The van der Waals surface area contributed by atoms with Gasteiger partial charge in [-0.2, -0.15) is 0 Å². The lowest BCUT2D eigenvalue weighted by Gasteiger charge is -2.14. The van der Waals surface area contributed by atoms with E-state index in [2.05, 4.69) is 15.9 Å². The van der Waals surface area contributed by atoms with E-state index >= 15 is 0 Å². The monoisotopic (exact) mass is 333 g/mol. The minimum absolute atomic E-state index is 0.0688. The Morgan fingerprint density at radius 3 is 2.78 bits per heavy atom. The molecule has 98 valence electrons. The van der Waals surface area contributed by atoms with E-state index in [0.29, 0.717) is 17.5 Å². The first-order chi connectivity index (χ1) is 8.48. The van der Waals surface area contributed by atoms with Gasteiger partial charge in [0.1, 0.15) is 4.90 Å². The summed E-state index contributed by atoms with van der Waals surface area (Å²) in [5, 5.41) is 0. The third kappa shape index (κ3) is 2.17. The quantitative estimate of drug-likeness (QED) is 0.785. The standard InChI is InChI=1S/C11H12BrNO4S/c1-17-6-2-5-13-11(14)9-4-3-8(12)7-10(9)18(13,15)16/h3-4,7H,2,5-6H2,1H3. The summed E-state index contributed by atoms with van der Waals surface area (Å²) in [6, 6.07) is 4.64. The minimum atomic E-state index is -3.70. The van der Waals surface area contributed by atoms with E-state index in [1.165, 1.54) is 19.2 Å². The zero-order valence-electron chi connectivity index (χ0n) is 9.72. The minimum Gasteiger partial charge on any atom is -0.385 e. The van der Waals surface area contributed by atoms with Gasteiger partial charge in [-0.05, 0) is 24.6 Å². The molecule has 0 saturated carbocycles. The highest BCUT2D eigenvalue weighted by Crippen LogP contribution is 2.32. The largest absolute Gasteiger partial charge is 0.385 e. The number of carbonyl (C=O) groups is 1. The molecular formula is C11H12BrNO4S. The summed E-state index contributed by atoms with van der Waals surface area (Å²) in [6.07, 6.45) is 0.483. The van der Waals surface area contributed by atoms with Crippen molar-refractivity contribution >= 4 is 31.9 Å². The van der Waals surface area contributed by atoms with Crippen molar-refractivity contribution in [2.75, 3.05) is 20.3 Å². The fourth-order valence-electron chi connectivity index (χ4n) is 1.82. The maximum atomic E-state index is 12.2. The summed E-state index contributed by atoms with van der Waals surface area (Å²) in [6.45, 7) is 0.556. The van der Waals surface area contributed by atoms with Gasteiger partial charge in [-0.25, -0.2) is 12.7 Å². The molecule has 2 rings (SSSR count). The molecule has 1 aromatic carbocycles. The highest BCUT2D eigenvalue weighted by molar-refractivity contribution is 9.10. The molecule has 0 N–H and O–H groups in total. The maximum Gasteiger partial charge on any atom is 0.269 e. The number of ether oxygens (including phenoxy) is 1. The summed E-state index contributed by atoms with van der Waals surface area (Å²) in [7, 11) is -2.17. The number of benzene rings is 1. The number of amides is 1. The van der Waals surface area contributed by atoms with Crippen LogP contribution in [0.2, 0.25) is 0 Å². The summed E-state index contributed by atoms with van der Waals surface area (Å²) in [5.41, 5.74) is 0.232. The average molecular weight is 334 g/mol. The first-order valence-electron chi connectivity index (χ1n) is 5.34. The SMILES string of the molecule is COCCCN1C(=O)c2ccc(Br)cc2S1(=O)=O. The lowest BCUT2D eigenvalue weighted by molar-refractivity contribution is 0.0860. The number of hydrogen-bond donors (Lipinski definition) is 0. The van der Waals surface area contributed by atoms with Gasteiger partial charge in [-0.3, -0.25) is 4.79 Å². The second-order valence-corrected chi connectivity index (χ2v) is 6.62. The number of rotatable bonds is 4. The Bertz CT molecular complexity index is 585. The summed E-state index contributed by atoms with van der Waals surface area (Å²) < 4.78 is 30.8. The molecule has 1 aromatic rings. The summed E-state index contributed by atoms with van der Waals surface area (Å²) in [4.78, 5) is 12.1. The van der Waals surface area contributed by atoms with Crippen LogP contribution in [0.3, 0.4) is 0 Å². The molecule has 0 saturated heterocycles. The maximum absolute atomic E-state index is 12.2. The van der Waals surface area contributed by atoms with Gasteiger partial charge >= 0.3 is 0 Å². The van der Waals surface area contributed by atoms with Crippen molar-refractivity contribution in [3.05, 3.63) is 28.2 Å². The second-order valence-electron chi connectivity index (χ2n) is 3.87. The van der Waals surface area contributed by atoms with Crippen LogP contribution in [0.1, 0.15) is 16.8 Å². The van der Waals surface area contributed by atoms with E-state index in [1.807, 2.05) is 0 Å². The number of hydrogen-bond acceptors (Lipinski definition) is 4. The van der Waals surface area contributed by atoms with E-state index in [1.54, 1.807) is 6.07 Å². The molecule has 1 heterocycles. The lowest BCUT2D eigenvalue weighted by atomic mass is 10.2. The first-order valence-corrected chi connectivity index (χ1v) is 7.57. The third-order valence-electron chi connectivity index (χ3n) is 2.68. The Morgan fingerprint density at radius 2 is 2.11 bits per heavy atom.